The van der Waals surface area contributed by atoms with Crippen LogP contribution in [0.15, 0.2) is 46.9 Å². The van der Waals surface area contributed by atoms with E-state index >= 15 is 0 Å². The molecule has 0 saturated carbocycles. The zero-order valence-electron chi connectivity index (χ0n) is 11.1. The van der Waals surface area contributed by atoms with Crippen LogP contribution >= 0.6 is 15.9 Å². The SMILES string of the molecule is Cc1ccc(N(C)Cc2ccccc2Br)c(C=O)c1. The molecule has 0 aliphatic carbocycles. The Bertz CT molecular complexity index is 595. The molecule has 3 heteroatoms. The number of anilines is 1. The normalized spacial score (nSPS) is 10.3. The van der Waals surface area contributed by atoms with Gasteiger partial charge in [-0.3, -0.25) is 4.79 Å². The first-order chi connectivity index (χ1) is 9.11. The van der Waals surface area contributed by atoms with Crippen molar-refractivity contribution in [2.45, 2.75) is 13.5 Å². The number of aldehydes is 1. The first kappa shape index (κ1) is 13.8. The Hall–Kier alpha value is -1.61. The topological polar surface area (TPSA) is 20.3 Å². The van der Waals surface area contributed by atoms with Crippen LogP contribution in [0, 0.1) is 6.92 Å². The number of rotatable bonds is 4. The number of carbonyl (C=O) groups excluding carboxylic acids is 1. The van der Waals surface area contributed by atoms with Crippen LogP contribution in [0.2, 0.25) is 0 Å². The molecule has 0 atom stereocenters. The van der Waals surface area contributed by atoms with Crippen molar-refractivity contribution in [3.05, 3.63) is 63.6 Å². The molecule has 0 aliphatic heterocycles. The molecule has 0 aliphatic rings. The quantitative estimate of drug-likeness (QED) is 0.787. The molecule has 0 bridgehead atoms. The van der Waals surface area contributed by atoms with E-state index < -0.39 is 0 Å². The van der Waals surface area contributed by atoms with Crippen LogP contribution < -0.4 is 4.90 Å². The molecule has 2 aromatic carbocycles. The second-order valence-electron chi connectivity index (χ2n) is 4.63. The molecular weight excluding hydrogens is 302 g/mol. The summed E-state index contributed by atoms with van der Waals surface area (Å²) < 4.78 is 1.08. The maximum absolute atomic E-state index is 11.2. The lowest BCUT2D eigenvalue weighted by molar-refractivity contribution is 0.112. The minimum absolute atomic E-state index is 0.731. The molecule has 0 radical (unpaired) electrons. The molecular formula is C16H16BrNO. The van der Waals surface area contributed by atoms with E-state index in [9.17, 15) is 4.79 Å². The van der Waals surface area contributed by atoms with Crippen molar-refractivity contribution in [2.24, 2.45) is 0 Å². The van der Waals surface area contributed by atoms with E-state index in [0.717, 1.165) is 34.1 Å². The van der Waals surface area contributed by atoms with Gasteiger partial charge < -0.3 is 4.90 Å². The average molecular weight is 318 g/mol. The van der Waals surface area contributed by atoms with Gasteiger partial charge in [0.15, 0.2) is 6.29 Å². The summed E-state index contributed by atoms with van der Waals surface area (Å²) in [6, 6.07) is 14.1. The molecule has 98 valence electrons. The third-order valence-electron chi connectivity index (χ3n) is 3.09. The Kier molecular flexibility index (Phi) is 4.38. The summed E-state index contributed by atoms with van der Waals surface area (Å²) in [5, 5.41) is 0. The van der Waals surface area contributed by atoms with E-state index in [2.05, 4.69) is 26.9 Å². The van der Waals surface area contributed by atoms with E-state index in [1.54, 1.807) is 0 Å². The summed E-state index contributed by atoms with van der Waals surface area (Å²) in [6.45, 7) is 2.75. The van der Waals surface area contributed by atoms with E-state index in [4.69, 9.17) is 0 Å². The number of halogens is 1. The van der Waals surface area contributed by atoms with Crippen LogP contribution in [0.3, 0.4) is 0 Å². The molecule has 0 heterocycles. The van der Waals surface area contributed by atoms with E-state index in [0.29, 0.717) is 0 Å². The minimum Gasteiger partial charge on any atom is -0.370 e. The van der Waals surface area contributed by atoms with Gasteiger partial charge in [0.1, 0.15) is 0 Å². The smallest absolute Gasteiger partial charge is 0.152 e. The van der Waals surface area contributed by atoms with Crippen molar-refractivity contribution < 1.29 is 4.79 Å². The highest BCUT2D eigenvalue weighted by Gasteiger charge is 2.09. The van der Waals surface area contributed by atoms with Gasteiger partial charge in [-0.2, -0.15) is 0 Å². The third-order valence-corrected chi connectivity index (χ3v) is 3.86. The van der Waals surface area contributed by atoms with Crippen molar-refractivity contribution in [1.82, 2.24) is 0 Å². The highest BCUT2D eigenvalue weighted by atomic mass is 79.9. The van der Waals surface area contributed by atoms with Crippen LogP contribution in [-0.4, -0.2) is 13.3 Å². The molecule has 2 nitrogen and oxygen atoms in total. The monoisotopic (exact) mass is 317 g/mol. The average Bonchev–Trinajstić information content (AvgIpc) is 2.41. The van der Waals surface area contributed by atoms with E-state index in [-0.39, 0.29) is 0 Å². The molecule has 0 saturated heterocycles. The number of hydrogen-bond acceptors (Lipinski definition) is 2. The van der Waals surface area contributed by atoms with Gasteiger partial charge in [-0.15, -0.1) is 0 Å². The Morgan fingerprint density at radius 1 is 1.21 bits per heavy atom. The van der Waals surface area contributed by atoms with E-state index in [1.807, 2.05) is 50.4 Å². The fourth-order valence-corrected chi connectivity index (χ4v) is 2.49. The molecule has 0 spiro atoms. The van der Waals surface area contributed by atoms with Gasteiger partial charge in [0, 0.05) is 29.3 Å². The Morgan fingerprint density at radius 2 is 1.95 bits per heavy atom. The largest absolute Gasteiger partial charge is 0.370 e. The molecule has 0 aromatic heterocycles. The predicted molar refractivity (Wildman–Crippen MR) is 82.8 cm³/mol. The number of aryl methyl sites for hydroxylation is 1. The highest BCUT2D eigenvalue weighted by Crippen LogP contribution is 2.24. The Balaban J connectivity index is 2.28. The molecule has 2 aromatic rings. The fraction of sp³-hybridized carbons (Fsp3) is 0.188. The Morgan fingerprint density at radius 3 is 2.63 bits per heavy atom. The number of benzene rings is 2. The van der Waals surface area contributed by atoms with Gasteiger partial charge in [0.25, 0.3) is 0 Å². The summed E-state index contributed by atoms with van der Waals surface area (Å²) in [4.78, 5) is 13.3. The summed E-state index contributed by atoms with van der Waals surface area (Å²) in [5.41, 5.74) is 3.98. The van der Waals surface area contributed by atoms with Crippen LogP contribution in [0.25, 0.3) is 0 Å². The van der Waals surface area contributed by atoms with Crippen molar-refractivity contribution >= 4 is 27.9 Å². The standard InChI is InChI=1S/C16H16BrNO/c1-12-7-8-16(14(9-12)11-19)18(2)10-13-5-3-4-6-15(13)17/h3-9,11H,10H2,1-2H3. The lowest BCUT2D eigenvalue weighted by Crippen LogP contribution is -2.18. The van der Waals surface area contributed by atoms with Crippen molar-refractivity contribution in [3.8, 4) is 0 Å². The van der Waals surface area contributed by atoms with Crippen LogP contribution in [0.4, 0.5) is 5.69 Å². The molecule has 0 N–H and O–H groups in total. The second-order valence-corrected chi connectivity index (χ2v) is 5.48. The molecule has 0 fully saturated rings. The summed E-state index contributed by atoms with van der Waals surface area (Å²) >= 11 is 3.55. The van der Waals surface area contributed by atoms with Crippen molar-refractivity contribution in [2.75, 3.05) is 11.9 Å². The highest BCUT2D eigenvalue weighted by molar-refractivity contribution is 9.10. The van der Waals surface area contributed by atoms with Crippen molar-refractivity contribution in [1.29, 1.82) is 0 Å². The lowest BCUT2D eigenvalue weighted by atomic mass is 10.1. The number of carbonyl (C=O) groups is 1. The van der Waals surface area contributed by atoms with Gasteiger partial charge >= 0.3 is 0 Å². The van der Waals surface area contributed by atoms with Gasteiger partial charge in [-0.05, 0) is 30.7 Å². The lowest BCUT2D eigenvalue weighted by Gasteiger charge is -2.22. The van der Waals surface area contributed by atoms with Gasteiger partial charge in [-0.25, -0.2) is 0 Å². The number of hydrogen-bond donors (Lipinski definition) is 0. The molecule has 2 rings (SSSR count). The second kappa shape index (κ2) is 6.02. The predicted octanol–water partition coefficient (Wildman–Crippen LogP) is 4.21. The zero-order valence-corrected chi connectivity index (χ0v) is 12.6. The van der Waals surface area contributed by atoms with Crippen LogP contribution in [-0.2, 0) is 6.54 Å². The first-order valence-electron chi connectivity index (χ1n) is 6.12. The maximum Gasteiger partial charge on any atom is 0.152 e. The number of nitrogens with zero attached hydrogens (tertiary/aromatic N) is 1. The molecule has 0 unspecified atom stereocenters. The van der Waals surface area contributed by atoms with Gasteiger partial charge in [0.2, 0.25) is 0 Å². The first-order valence-corrected chi connectivity index (χ1v) is 6.91. The minimum atomic E-state index is 0.731. The summed E-state index contributed by atoms with van der Waals surface area (Å²) in [6.07, 6.45) is 0.916. The third kappa shape index (κ3) is 3.24. The van der Waals surface area contributed by atoms with E-state index in [1.165, 1.54) is 5.56 Å². The van der Waals surface area contributed by atoms with Crippen LogP contribution in [0.1, 0.15) is 21.5 Å². The Labute approximate surface area is 122 Å². The molecule has 19 heavy (non-hydrogen) atoms. The fourth-order valence-electron chi connectivity index (χ4n) is 2.08. The summed E-state index contributed by atoms with van der Waals surface area (Å²) in [7, 11) is 2.00. The van der Waals surface area contributed by atoms with Gasteiger partial charge in [-0.1, -0.05) is 45.8 Å². The summed E-state index contributed by atoms with van der Waals surface area (Å²) in [5.74, 6) is 0. The maximum atomic E-state index is 11.2. The molecule has 0 amide bonds. The zero-order chi connectivity index (χ0) is 13.8. The van der Waals surface area contributed by atoms with Crippen LogP contribution in [0.5, 0.6) is 0 Å². The van der Waals surface area contributed by atoms with Crippen molar-refractivity contribution in [3.63, 3.8) is 0 Å². The van der Waals surface area contributed by atoms with Gasteiger partial charge in [0.05, 0.1) is 0 Å².